The number of aliphatic carboxylic acids is 2. The fraction of sp³-hybridized carbons (Fsp3) is 0.250. The first-order chi connectivity index (χ1) is 15.7. The number of nitrogen functional groups attached to an aromatic ring is 1. The number of carbonyl (C=O) groups excluding carboxylic acids is 1. The molecule has 0 bridgehead atoms. The van der Waals surface area contributed by atoms with Crippen LogP contribution in [0.1, 0.15) is 34.5 Å². The standard InChI is InChI=1S/C20H21N7O6/c21-20-26-16-15(18(31)27-20)24-12(9-23-16)8-22-7-10-1-3-11(4-2-10)17(30)25-13(19(32)33)5-6-14(28)29/h1-4,9,13,22H,5-8H2,(H,25,30)(H,28,29)(H,32,33)(H3,21,23,26,27,31)/t13-/m0/s1. The van der Waals surface area contributed by atoms with Gasteiger partial charge >= 0.3 is 11.9 Å². The molecule has 3 aromatic rings. The van der Waals surface area contributed by atoms with Crippen molar-refractivity contribution in [2.24, 2.45) is 0 Å². The van der Waals surface area contributed by atoms with Crippen molar-refractivity contribution in [2.45, 2.75) is 32.0 Å². The van der Waals surface area contributed by atoms with Crippen LogP contribution in [0.25, 0.3) is 11.2 Å². The highest BCUT2D eigenvalue weighted by molar-refractivity contribution is 5.96. The summed E-state index contributed by atoms with van der Waals surface area (Å²) < 4.78 is 0. The summed E-state index contributed by atoms with van der Waals surface area (Å²) in [7, 11) is 0. The van der Waals surface area contributed by atoms with Gasteiger partial charge in [-0.25, -0.2) is 14.8 Å². The number of aromatic amines is 1. The van der Waals surface area contributed by atoms with Gasteiger partial charge in [-0.2, -0.15) is 4.98 Å². The summed E-state index contributed by atoms with van der Waals surface area (Å²) in [6.07, 6.45) is 0.895. The number of carbonyl (C=O) groups is 3. The molecule has 2 heterocycles. The fourth-order valence-corrected chi connectivity index (χ4v) is 2.93. The van der Waals surface area contributed by atoms with E-state index in [0.29, 0.717) is 18.8 Å². The highest BCUT2D eigenvalue weighted by atomic mass is 16.4. The van der Waals surface area contributed by atoms with Gasteiger partial charge in [-0.3, -0.25) is 19.4 Å². The molecular weight excluding hydrogens is 434 g/mol. The number of benzene rings is 1. The zero-order chi connectivity index (χ0) is 24.0. The van der Waals surface area contributed by atoms with Crippen LogP contribution in [-0.4, -0.2) is 54.0 Å². The minimum Gasteiger partial charge on any atom is -0.481 e. The smallest absolute Gasteiger partial charge is 0.326 e. The van der Waals surface area contributed by atoms with Crippen LogP contribution in [0.15, 0.2) is 35.3 Å². The van der Waals surface area contributed by atoms with Gasteiger partial charge in [0.25, 0.3) is 11.5 Å². The topological polar surface area (TPSA) is 213 Å². The van der Waals surface area contributed by atoms with E-state index >= 15 is 0 Å². The number of carboxylic acid groups (broad SMARTS) is 2. The molecule has 13 heteroatoms. The Bertz CT molecular complexity index is 1240. The maximum absolute atomic E-state index is 12.3. The van der Waals surface area contributed by atoms with Gasteiger partial charge < -0.3 is 26.6 Å². The molecule has 0 spiro atoms. The minimum absolute atomic E-state index is 0.0384. The van der Waals surface area contributed by atoms with Crippen molar-refractivity contribution in [3.8, 4) is 0 Å². The second-order valence-corrected chi connectivity index (χ2v) is 7.08. The van der Waals surface area contributed by atoms with Crippen LogP contribution in [0.5, 0.6) is 0 Å². The molecule has 0 aliphatic rings. The Morgan fingerprint density at radius 3 is 2.48 bits per heavy atom. The van der Waals surface area contributed by atoms with Crippen LogP contribution in [0, 0.1) is 0 Å². The van der Waals surface area contributed by atoms with Gasteiger partial charge in [-0.15, -0.1) is 0 Å². The first kappa shape index (κ1) is 23.3. The molecule has 3 rings (SSSR count). The summed E-state index contributed by atoms with van der Waals surface area (Å²) in [5.41, 5.74) is 6.85. The molecular formula is C20H21N7O6. The van der Waals surface area contributed by atoms with Crippen LogP contribution < -0.4 is 21.9 Å². The van der Waals surface area contributed by atoms with E-state index in [1.165, 1.54) is 18.3 Å². The number of carboxylic acids is 2. The van der Waals surface area contributed by atoms with Crippen molar-refractivity contribution >= 4 is 35.0 Å². The number of amides is 1. The van der Waals surface area contributed by atoms with Gasteiger partial charge in [0.2, 0.25) is 5.95 Å². The molecule has 13 nitrogen and oxygen atoms in total. The summed E-state index contributed by atoms with van der Waals surface area (Å²) in [6.45, 7) is 0.743. The molecule has 1 atom stereocenters. The largest absolute Gasteiger partial charge is 0.481 e. The van der Waals surface area contributed by atoms with E-state index in [1.807, 2.05) is 0 Å². The molecule has 0 saturated heterocycles. The van der Waals surface area contributed by atoms with Crippen molar-refractivity contribution in [3.63, 3.8) is 0 Å². The highest BCUT2D eigenvalue weighted by Gasteiger charge is 2.21. The molecule has 0 fully saturated rings. The van der Waals surface area contributed by atoms with E-state index in [2.05, 4.69) is 30.6 Å². The van der Waals surface area contributed by atoms with Crippen molar-refractivity contribution in [3.05, 3.63) is 57.6 Å². The van der Waals surface area contributed by atoms with Gasteiger partial charge in [-0.1, -0.05) is 12.1 Å². The Kier molecular flexibility index (Phi) is 7.25. The van der Waals surface area contributed by atoms with Crippen molar-refractivity contribution in [1.82, 2.24) is 30.6 Å². The third-order valence-electron chi connectivity index (χ3n) is 4.59. The molecule has 0 aliphatic heterocycles. The van der Waals surface area contributed by atoms with Gasteiger partial charge in [0, 0.05) is 25.1 Å². The van der Waals surface area contributed by atoms with Crippen LogP contribution in [-0.2, 0) is 22.7 Å². The van der Waals surface area contributed by atoms with Crippen molar-refractivity contribution in [1.29, 1.82) is 0 Å². The first-order valence-corrected chi connectivity index (χ1v) is 9.79. The lowest BCUT2D eigenvalue weighted by Gasteiger charge is -2.13. The number of nitrogens with zero attached hydrogens (tertiary/aromatic N) is 3. The molecule has 0 aliphatic carbocycles. The van der Waals surface area contributed by atoms with Gasteiger partial charge in [0.1, 0.15) is 6.04 Å². The number of anilines is 1. The average Bonchev–Trinajstić information content (AvgIpc) is 2.77. The lowest BCUT2D eigenvalue weighted by atomic mass is 10.1. The summed E-state index contributed by atoms with van der Waals surface area (Å²) in [4.78, 5) is 60.6. The fourth-order valence-electron chi connectivity index (χ4n) is 2.93. The molecule has 0 saturated carbocycles. The van der Waals surface area contributed by atoms with Crippen LogP contribution in [0.4, 0.5) is 5.95 Å². The third kappa shape index (κ3) is 6.30. The number of H-pyrrole nitrogens is 1. The van der Waals surface area contributed by atoms with E-state index in [0.717, 1.165) is 5.56 Å². The quantitative estimate of drug-likeness (QED) is 0.232. The first-order valence-electron chi connectivity index (χ1n) is 9.79. The molecule has 0 radical (unpaired) electrons. The highest BCUT2D eigenvalue weighted by Crippen LogP contribution is 2.08. The van der Waals surface area contributed by atoms with E-state index in [1.54, 1.807) is 12.1 Å². The lowest BCUT2D eigenvalue weighted by molar-refractivity contribution is -0.140. The summed E-state index contributed by atoms with van der Waals surface area (Å²) in [5.74, 6) is -3.10. The Labute approximate surface area is 186 Å². The van der Waals surface area contributed by atoms with Crippen LogP contribution in [0.2, 0.25) is 0 Å². The maximum atomic E-state index is 12.3. The van der Waals surface area contributed by atoms with E-state index in [-0.39, 0.29) is 35.5 Å². The van der Waals surface area contributed by atoms with Crippen LogP contribution in [0.3, 0.4) is 0 Å². The van der Waals surface area contributed by atoms with Gasteiger partial charge in [0.15, 0.2) is 11.2 Å². The Morgan fingerprint density at radius 1 is 1.09 bits per heavy atom. The van der Waals surface area contributed by atoms with Gasteiger partial charge in [-0.05, 0) is 24.1 Å². The summed E-state index contributed by atoms with van der Waals surface area (Å²) in [6, 6.07) is 5.16. The second kappa shape index (κ2) is 10.3. The van der Waals surface area contributed by atoms with E-state index < -0.39 is 29.4 Å². The normalized spacial score (nSPS) is 11.8. The Hall–Kier alpha value is -4.39. The van der Waals surface area contributed by atoms with Crippen molar-refractivity contribution in [2.75, 3.05) is 5.73 Å². The summed E-state index contributed by atoms with van der Waals surface area (Å²) in [5, 5.41) is 23.3. The molecule has 172 valence electrons. The maximum Gasteiger partial charge on any atom is 0.326 e. The molecule has 33 heavy (non-hydrogen) atoms. The minimum atomic E-state index is -1.30. The lowest BCUT2D eigenvalue weighted by Crippen LogP contribution is -2.41. The number of rotatable bonds is 10. The number of aromatic nitrogens is 4. The monoisotopic (exact) mass is 455 g/mol. The molecule has 7 N–H and O–H groups in total. The van der Waals surface area contributed by atoms with E-state index in [9.17, 15) is 19.2 Å². The van der Waals surface area contributed by atoms with Crippen LogP contribution >= 0.6 is 0 Å². The third-order valence-corrected chi connectivity index (χ3v) is 4.59. The Balaban J connectivity index is 1.55. The number of hydrogen-bond acceptors (Lipinski definition) is 9. The second-order valence-electron chi connectivity index (χ2n) is 7.08. The average molecular weight is 455 g/mol. The predicted molar refractivity (Wildman–Crippen MR) is 115 cm³/mol. The number of fused-ring (bicyclic) bond motifs is 1. The number of nitrogens with one attached hydrogen (secondary N) is 3. The predicted octanol–water partition coefficient (Wildman–Crippen LogP) is -0.367. The zero-order valence-electron chi connectivity index (χ0n) is 17.2. The van der Waals surface area contributed by atoms with Gasteiger partial charge in [0.05, 0.1) is 11.9 Å². The zero-order valence-corrected chi connectivity index (χ0v) is 17.2. The SMILES string of the molecule is Nc1nc2ncc(CNCc3ccc(C(=O)N[C@@H](CCC(=O)O)C(=O)O)cc3)nc2c(=O)[nH]1. The van der Waals surface area contributed by atoms with Crippen molar-refractivity contribution < 1.29 is 24.6 Å². The molecule has 0 unspecified atom stereocenters. The summed E-state index contributed by atoms with van der Waals surface area (Å²) >= 11 is 0. The molecule has 1 aromatic carbocycles. The number of hydrogen-bond donors (Lipinski definition) is 6. The molecule has 2 aromatic heterocycles. The van der Waals surface area contributed by atoms with E-state index in [4.69, 9.17) is 15.9 Å². The molecule has 1 amide bonds. The Morgan fingerprint density at radius 2 is 1.82 bits per heavy atom. The number of nitrogens with two attached hydrogens (primary N) is 1.